The van der Waals surface area contributed by atoms with Gasteiger partial charge >= 0.3 is 0 Å². The number of pyridine rings is 1. The van der Waals surface area contributed by atoms with Crippen molar-refractivity contribution in [3.05, 3.63) is 34.6 Å². The molecule has 1 rings (SSSR count). The number of hydrogen-bond donors (Lipinski definition) is 0. The van der Waals surface area contributed by atoms with E-state index in [1.54, 1.807) is 24.5 Å². The van der Waals surface area contributed by atoms with Crippen LogP contribution in [0.1, 0.15) is 32.8 Å². The molecule has 0 saturated heterocycles. The maximum absolute atomic E-state index is 11.6. The fourth-order valence-electron chi connectivity index (χ4n) is 1.29. The van der Waals surface area contributed by atoms with Crippen LogP contribution in [-0.2, 0) is 4.79 Å². The Labute approximate surface area is 105 Å². The third kappa shape index (κ3) is 5.21. The van der Waals surface area contributed by atoms with E-state index in [4.69, 9.17) is 0 Å². The zero-order chi connectivity index (χ0) is 12.2. The fourth-order valence-corrected chi connectivity index (χ4v) is 1.67. The maximum atomic E-state index is 11.6. The zero-order valence-electron chi connectivity index (χ0n) is 9.83. The molecule has 0 unspecified atom stereocenters. The van der Waals surface area contributed by atoms with Crippen molar-refractivity contribution in [1.29, 1.82) is 0 Å². The first kappa shape index (κ1) is 13.1. The minimum atomic E-state index is 0.0386. The van der Waals surface area contributed by atoms with Gasteiger partial charge < -0.3 is 0 Å². The van der Waals surface area contributed by atoms with E-state index in [-0.39, 0.29) is 11.2 Å². The quantitative estimate of drug-likeness (QED) is 0.788. The third-order valence-corrected chi connectivity index (χ3v) is 2.33. The molecule has 2 nitrogen and oxygen atoms in total. The van der Waals surface area contributed by atoms with E-state index in [0.717, 1.165) is 10.0 Å². The molecule has 0 aromatic carbocycles. The third-order valence-electron chi connectivity index (χ3n) is 1.89. The van der Waals surface area contributed by atoms with E-state index in [1.807, 2.05) is 6.07 Å². The van der Waals surface area contributed by atoms with Crippen LogP contribution in [0.2, 0.25) is 0 Å². The highest BCUT2D eigenvalue weighted by atomic mass is 79.9. The number of aromatic nitrogens is 1. The number of carbonyl (C=O) groups is 1. The van der Waals surface area contributed by atoms with Crippen LogP contribution in [0.3, 0.4) is 0 Å². The second-order valence-electron chi connectivity index (χ2n) is 4.97. The zero-order valence-corrected chi connectivity index (χ0v) is 11.4. The molecule has 0 fully saturated rings. The van der Waals surface area contributed by atoms with Crippen molar-refractivity contribution in [1.82, 2.24) is 4.98 Å². The Bertz CT molecular complexity index is 405. The Morgan fingerprint density at radius 2 is 2.12 bits per heavy atom. The molecule has 86 valence electrons. The van der Waals surface area contributed by atoms with Gasteiger partial charge in [0.1, 0.15) is 0 Å². The van der Waals surface area contributed by atoms with Crippen molar-refractivity contribution < 1.29 is 4.79 Å². The van der Waals surface area contributed by atoms with Gasteiger partial charge in [0.25, 0.3) is 0 Å². The van der Waals surface area contributed by atoms with Gasteiger partial charge in [0, 0.05) is 23.3 Å². The number of allylic oxidation sites excluding steroid dienone is 1. The highest BCUT2D eigenvalue weighted by Gasteiger charge is 2.13. The van der Waals surface area contributed by atoms with Gasteiger partial charge in [-0.2, -0.15) is 0 Å². The lowest BCUT2D eigenvalue weighted by Crippen LogP contribution is -2.10. The summed E-state index contributed by atoms with van der Waals surface area (Å²) in [4.78, 5) is 15.6. The Hall–Kier alpha value is -0.960. The van der Waals surface area contributed by atoms with E-state index in [2.05, 4.69) is 41.7 Å². The van der Waals surface area contributed by atoms with Crippen LogP contribution in [0.4, 0.5) is 0 Å². The van der Waals surface area contributed by atoms with Crippen LogP contribution in [0.25, 0.3) is 6.08 Å². The molecule has 0 aliphatic carbocycles. The van der Waals surface area contributed by atoms with E-state index in [1.165, 1.54) is 0 Å². The lowest BCUT2D eigenvalue weighted by molar-refractivity contribution is -0.116. The monoisotopic (exact) mass is 281 g/mol. The summed E-state index contributed by atoms with van der Waals surface area (Å²) < 4.78 is 0.915. The molecular formula is C13H16BrNO. The first-order valence-corrected chi connectivity index (χ1v) is 5.97. The molecule has 0 aliphatic rings. The summed E-state index contributed by atoms with van der Waals surface area (Å²) >= 11 is 3.34. The largest absolute Gasteiger partial charge is 0.295 e. The second kappa shape index (κ2) is 5.39. The van der Waals surface area contributed by atoms with Gasteiger partial charge in [-0.25, -0.2) is 0 Å². The van der Waals surface area contributed by atoms with Crippen molar-refractivity contribution >= 4 is 27.8 Å². The highest BCUT2D eigenvalue weighted by molar-refractivity contribution is 9.10. The average Bonchev–Trinajstić information content (AvgIpc) is 2.12. The molecule has 0 atom stereocenters. The van der Waals surface area contributed by atoms with Crippen molar-refractivity contribution in [2.45, 2.75) is 27.2 Å². The molecule has 0 radical (unpaired) electrons. The number of ketones is 1. The summed E-state index contributed by atoms with van der Waals surface area (Å²) in [6.07, 6.45) is 7.42. The van der Waals surface area contributed by atoms with E-state index in [0.29, 0.717) is 6.42 Å². The lowest BCUT2D eigenvalue weighted by atomic mass is 9.90. The SMILES string of the molecule is CC(C)(C)CC(=O)C=Cc1cncc(Br)c1. The number of hydrogen-bond acceptors (Lipinski definition) is 2. The molecular weight excluding hydrogens is 266 g/mol. The van der Waals surface area contributed by atoms with Crippen LogP contribution in [0.5, 0.6) is 0 Å². The van der Waals surface area contributed by atoms with Crippen LogP contribution in [-0.4, -0.2) is 10.8 Å². The van der Waals surface area contributed by atoms with Gasteiger partial charge in [-0.1, -0.05) is 20.8 Å². The fraction of sp³-hybridized carbons (Fsp3) is 0.385. The van der Waals surface area contributed by atoms with Crippen LogP contribution in [0.15, 0.2) is 29.0 Å². The van der Waals surface area contributed by atoms with Crippen molar-refractivity contribution in [2.24, 2.45) is 5.41 Å². The molecule has 16 heavy (non-hydrogen) atoms. The van der Waals surface area contributed by atoms with Gasteiger partial charge in [0.05, 0.1) is 0 Å². The summed E-state index contributed by atoms with van der Waals surface area (Å²) in [7, 11) is 0. The number of carbonyl (C=O) groups excluding carboxylic acids is 1. The van der Waals surface area contributed by atoms with Crippen molar-refractivity contribution in [3.63, 3.8) is 0 Å². The van der Waals surface area contributed by atoms with Crippen LogP contribution < -0.4 is 0 Å². The number of nitrogens with zero attached hydrogens (tertiary/aromatic N) is 1. The molecule has 0 N–H and O–H groups in total. The minimum absolute atomic E-state index is 0.0386. The summed E-state index contributed by atoms with van der Waals surface area (Å²) in [5, 5.41) is 0. The average molecular weight is 282 g/mol. The topological polar surface area (TPSA) is 30.0 Å². The summed E-state index contributed by atoms with van der Waals surface area (Å²) in [5.74, 6) is 0.146. The van der Waals surface area contributed by atoms with E-state index >= 15 is 0 Å². The summed E-state index contributed by atoms with van der Waals surface area (Å²) in [5.41, 5.74) is 0.966. The first-order valence-electron chi connectivity index (χ1n) is 5.18. The van der Waals surface area contributed by atoms with Gasteiger partial charge in [-0.15, -0.1) is 0 Å². The molecule has 1 aromatic rings. The Balaban J connectivity index is 2.64. The molecule has 0 aliphatic heterocycles. The van der Waals surface area contributed by atoms with E-state index < -0.39 is 0 Å². The Morgan fingerprint density at radius 3 is 2.69 bits per heavy atom. The molecule has 0 spiro atoms. The predicted molar refractivity (Wildman–Crippen MR) is 70.1 cm³/mol. The number of rotatable bonds is 3. The Morgan fingerprint density at radius 1 is 1.44 bits per heavy atom. The van der Waals surface area contributed by atoms with Gasteiger partial charge in [-0.05, 0) is 45.1 Å². The van der Waals surface area contributed by atoms with Crippen LogP contribution >= 0.6 is 15.9 Å². The normalized spacial score (nSPS) is 12.0. The summed E-state index contributed by atoms with van der Waals surface area (Å²) in [6, 6.07) is 1.92. The minimum Gasteiger partial charge on any atom is -0.295 e. The Kier molecular flexibility index (Phi) is 4.42. The first-order chi connectivity index (χ1) is 7.37. The molecule has 1 aromatic heterocycles. The van der Waals surface area contributed by atoms with Gasteiger partial charge in [0.15, 0.2) is 5.78 Å². The molecule has 3 heteroatoms. The van der Waals surface area contributed by atoms with Crippen LogP contribution in [0, 0.1) is 5.41 Å². The van der Waals surface area contributed by atoms with E-state index in [9.17, 15) is 4.79 Å². The van der Waals surface area contributed by atoms with Crippen molar-refractivity contribution in [3.8, 4) is 0 Å². The molecule has 0 amide bonds. The summed E-state index contributed by atoms with van der Waals surface area (Å²) in [6.45, 7) is 6.16. The molecule has 0 bridgehead atoms. The highest BCUT2D eigenvalue weighted by Crippen LogP contribution is 2.19. The standard InChI is InChI=1S/C13H16BrNO/c1-13(2,3)7-12(16)5-4-10-6-11(14)9-15-8-10/h4-6,8-9H,7H2,1-3H3. The molecule has 0 saturated carbocycles. The second-order valence-corrected chi connectivity index (χ2v) is 5.89. The molecule has 1 heterocycles. The van der Waals surface area contributed by atoms with Gasteiger partial charge in [-0.3, -0.25) is 9.78 Å². The predicted octanol–water partition coefficient (Wildman–Crippen LogP) is 3.86. The lowest BCUT2D eigenvalue weighted by Gasteiger charge is -2.14. The maximum Gasteiger partial charge on any atom is 0.156 e. The van der Waals surface area contributed by atoms with Crippen molar-refractivity contribution in [2.75, 3.05) is 0 Å². The smallest absolute Gasteiger partial charge is 0.156 e. The van der Waals surface area contributed by atoms with Gasteiger partial charge in [0.2, 0.25) is 0 Å². The number of halogens is 1.